The Morgan fingerprint density at radius 1 is 1.71 bits per heavy atom. The van der Waals surface area contributed by atoms with Crippen molar-refractivity contribution in [1.82, 2.24) is 0 Å². The Kier molecular flexibility index (Phi) is 1.44. The maximum Gasteiger partial charge on any atom is 0.173 e. The monoisotopic (exact) mass is 112 g/mol. The number of hydrogen-bond acceptors (Lipinski definition) is 2. The molecule has 0 saturated carbocycles. The summed E-state index contributed by atoms with van der Waals surface area (Å²) in [6.07, 6.45) is 0. The van der Waals surface area contributed by atoms with E-state index in [1.807, 2.05) is 18.1 Å². The Morgan fingerprint density at radius 2 is 2.57 bits per heavy atom. The molecule has 0 aliphatic heterocycles. The Labute approximate surface area is 46.2 Å². The first-order chi connectivity index (χ1) is 3.43. The van der Waals surface area contributed by atoms with Crippen molar-refractivity contribution in [1.29, 1.82) is 0 Å². The molecule has 0 fully saturated rings. The van der Waals surface area contributed by atoms with E-state index in [1.54, 1.807) is 6.07 Å². The van der Waals surface area contributed by atoms with Crippen LogP contribution < -0.4 is 0 Å². The summed E-state index contributed by atoms with van der Waals surface area (Å²) in [6.45, 7) is 2.03. The van der Waals surface area contributed by atoms with E-state index >= 15 is 0 Å². The molecule has 1 aromatic heterocycles. The lowest BCUT2D eigenvalue weighted by atomic mass is 10.5. The summed E-state index contributed by atoms with van der Waals surface area (Å²) in [7, 11) is 0. The molecule has 1 N–H and O–H groups in total. The lowest BCUT2D eigenvalue weighted by molar-refractivity contribution is 0.418. The van der Waals surface area contributed by atoms with E-state index < -0.39 is 0 Å². The first-order valence-corrected chi connectivity index (χ1v) is 2.75. The Bertz CT molecular complexity index is 123. The van der Waals surface area contributed by atoms with Crippen molar-refractivity contribution in [2.75, 3.05) is 0 Å². The van der Waals surface area contributed by atoms with E-state index in [0.29, 0.717) is 0 Å². The molecule has 0 amide bonds. The number of aliphatic hydroxyl groups is 1. The van der Waals surface area contributed by atoms with Crippen molar-refractivity contribution >= 4 is 11.3 Å². The largest absolute Gasteiger partial charge is 0.377 e. The molecule has 0 aliphatic rings. The number of rotatable bonds is 1. The molecule has 1 nitrogen and oxygen atoms in total. The second kappa shape index (κ2) is 2.09. The van der Waals surface area contributed by atoms with Gasteiger partial charge in [0.2, 0.25) is 0 Å². The lowest BCUT2D eigenvalue weighted by Gasteiger charge is -1.75. The van der Waals surface area contributed by atoms with Gasteiger partial charge in [-0.15, -0.1) is 11.3 Å². The second-order valence-electron chi connectivity index (χ2n) is 1.09. The second-order valence-corrected chi connectivity index (χ2v) is 2.04. The first-order valence-electron chi connectivity index (χ1n) is 1.87. The smallest absolute Gasteiger partial charge is 0.173 e. The minimum Gasteiger partial charge on any atom is -0.377 e. The zero-order valence-corrected chi connectivity index (χ0v) is 4.40. The van der Waals surface area contributed by atoms with Crippen LogP contribution in [-0.4, -0.2) is 5.11 Å². The molecule has 7 heavy (non-hydrogen) atoms. The molecule has 2 heteroatoms. The normalized spacial score (nSPS) is 9.29. The van der Waals surface area contributed by atoms with Crippen LogP contribution in [0, 0.1) is 6.61 Å². The fraction of sp³-hybridized carbons (Fsp3) is 0. The topological polar surface area (TPSA) is 20.2 Å². The maximum atomic E-state index is 8.19. The van der Waals surface area contributed by atoms with Gasteiger partial charge >= 0.3 is 0 Å². The van der Waals surface area contributed by atoms with Crippen LogP contribution in [0.1, 0.15) is 4.88 Å². The van der Waals surface area contributed by atoms with E-state index in [1.165, 1.54) is 11.3 Å². The highest BCUT2D eigenvalue weighted by atomic mass is 32.1. The molecule has 1 heterocycles. The van der Waals surface area contributed by atoms with Crippen LogP contribution in [0.15, 0.2) is 17.5 Å². The fourth-order valence-electron chi connectivity index (χ4n) is 0.342. The molecule has 0 saturated heterocycles. The van der Waals surface area contributed by atoms with Gasteiger partial charge in [-0.3, -0.25) is 0 Å². The molecule has 2 radical (unpaired) electrons. The molecule has 36 valence electrons. The van der Waals surface area contributed by atoms with Crippen molar-refractivity contribution in [2.24, 2.45) is 0 Å². The molecule has 1 rings (SSSR count). The third-order valence-electron chi connectivity index (χ3n) is 0.631. The van der Waals surface area contributed by atoms with Gasteiger partial charge in [-0.05, 0) is 11.4 Å². The van der Waals surface area contributed by atoms with Crippen LogP contribution in [0.5, 0.6) is 0 Å². The van der Waals surface area contributed by atoms with Gasteiger partial charge in [0.05, 0.1) is 0 Å². The molecule has 0 aliphatic carbocycles. The Hall–Kier alpha value is -0.340. The highest BCUT2D eigenvalue weighted by Gasteiger charge is 1.86. The van der Waals surface area contributed by atoms with Crippen LogP contribution in [0.3, 0.4) is 0 Å². The van der Waals surface area contributed by atoms with E-state index in [4.69, 9.17) is 5.11 Å². The van der Waals surface area contributed by atoms with Crippen LogP contribution in [0.2, 0.25) is 0 Å². The molecule has 0 aromatic carbocycles. The van der Waals surface area contributed by atoms with Gasteiger partial charge in [-0.1, -0.05) is 6.07 Å². The average molecular weight is 112 g/mol. The van der Waals surface area contributed by atoms with Crippen LogP contribution in [0.4, 0.5) is 0 Å². The summed E-state index contributed by atoms with van der Waals surface area (Å²) in [4.78, 5) is 0.778. The minimum absolute atomic E-state index is 0.778. The van der Waals surface area contributed by atoms with Crippen molar-refractivity contribution in [3.05, 3.63) is 29.0 Å². The SMILES string of the molecule is O[C]c1cccs1. The summed E-state index contributed by atoms with van der Waals surface area (Å²) in [5.41, 5.74) is 0. The van der Waals surface area contributed by atoms with Gasteiger partial charge in [0, 0.05) is 4.88 Å². The van der Waals surface area contributed by atoms with Gasteiger partial charge in [-0.2, -0.15) is 0 Å². The van der Waals surface area contributed by atoms with E-state index in [9.17, 15) is 0 Å². The van der Waals surface area contributed by atoms with Gasteiger partial charge in [-0.25, -0.2) is 0 Å². The predicted molar refractivity (Wildman–Crippen MR) is 28.6 cm³/mol. The molecule has 1 aromatic rings. The molecule has 0 spiro atoms. The quantitative estimate of drug-likeness (QED) is 0.583. The third kappa shape index (κ3) is 1.01. The molecular formula is C5H4OS. The molecule has 0 unspecified atom stereocenters. The van der Waals surface area contributed by atoms with Gasteiger partial charge in [0.15, 0.2) is 6.61 Å². The van der Waals surface area contributed by atoms with Gasteiger partial charge in [0.1, 0.15) is 0 Å². The standard InChI is InChI=1S/C5H4OS/c6-4-5-2-1-3-7-5/h1-3,6H. The summed E-state index contributed by atoms with van der Waals surface area (Å²) < 4.78 is 0. The van der Waals surface area contributed by atoms with Crippen LogP contribution >= 0.6 is 11.3 Å². The van der Waals surface area contributed by atoms with E-state index in [-0.39, 0.29) is 0 Å². The minimum atomic E-state index is 0.778. The third-order valence-corrected chi connectivity index (χ3v) is 1.41. The summed E-state index contributed by atoms with van der Waals surface area (Å²) in [6, 6.07) is 3.66. The first kappa shape index (κ1) is 4.81. The van der Waals surface area contributed by atoms with Crippen molar-refractivity contribution in [3.63, 3.8) is 0 Å². The number of hydrogen-bond donors (Lipinski definition) is 1. The highest BCUT2D eigenvalue weighted by Crippen LogP contribution is 2.07. The summed E-state index contributed by atoms with van der Waals surface area (Å²) in [5, 5.41) is 10.1. The Morgan fingerprint density at radius 3 is 2.86 bits per heavy atom. The predicted octanol–water partition coefficient (Wildman–Crippen LogP) is 1.51. The van der Waals surface area contributed by atoms with Gasteiger partial charge in [0.25, 0.3) is 0 Å². The summed E-state index contributed by atoms with van der Waals surface area (Å²) in [5.74, 6) is 0. The number of thiophene rings is 1. The zero-order chi connectivity index (χ0) is 5.11. The van der Waals surface area contributed by atoms with Crippen molar-refractivity contribution in [3.8, 4) is 0 Å². The molecule has 0 bridgehead atoms. The Balaban J connectivity index is 2.76. The highest BCUT2D eigenvalue weighted by molar-refractivity contribution is 7.10. The fourth-order valence-corrected chi connectivity index (χ4v) is 0.856. The molecule has 0 atom stereocenters. The van der Waals surface area contributed by atoms with Crippen molar-refractivity contribution < 1.29 is 5.11 Å². The van der Waals surface area contributed by atoms with E-state index in [0.717, 1.165) is 4.88 Å². The summed E-state index contributed by atoms with van der Waals surface area (Å²) >= 11 is 1.46. The average Bonchev–Trinajstić information content (AvgIpc) is 2.14. The number of aliphatic hydroxyl groups excluding tert-OH is 1. The lowest BCUT2D eigenvalue weighted by Crippen LogP contribution is -1.64. The van der Waals surface area contributed by atoms with Crippen LogP contribution in [0.25, 0.3) is 0 Å². The van der Waals surface area contributed by atoms with E-state index in [2.05, 4.69) is 0 Å². The zero-order valence-electron chi connectivity index (χ0n) is 3.59. The molecular weight excluding hydrogens is 108 g/mol. The van der Waals surface area contributed by atoms with Gasteiger partial charge < -0.3 is 5.11 Å². The van der Waals surface area contributed by atoms with Crippen molar-refractivity contribution in [2.45, 2.75) is 0 Å². The van der Waals surface area contributed by atoms with Crippen LogP contribution in [-0.2, 0) is 0 Å². The maximum absolute atomic E-state index is 8.19.